The molecule has 0 amide bonds. The van der Waals surface area contributed by atoms with Crippen molar-refractivity contribution in [2.24, 2.45) is 0 Å². The van der Waals surface area contributed by atoms with E-state index in [9.17, 15) is 0 Å². The first-order valence-corrected chi connectivity index (χ1v) is 8.05. The number of nitrogens with zero attached hydrogens (tertiary/aromatic N) is 2. The van der Waals surface area contributed by atoms with Crippen molar-refractivity contribution in [2.75, 3.05) is 20.6 Å². The minimum atomic E-state index is 0.175. The summed E-state index contributed by atoms with van der Waals surface area (Å²) in [6, 6.07) is 0. The zero-order chi connectivity index (χ0) is 14.0. The Morgan fingerprint density at radius 2 is 2.00 bits per heavy atom. The van der Waals surface area contributed by atoms with E-state index in [1.807, 2.05) is 11.3 Å². The molecule has 19 heavy (non-hydrogen) atoms. The average molecular weight is 281 g/mol. The van der Waals surface area contributed by atoms with E-state index in [0.29, 0.717) is 0 Å². The summed E-state index contributed by atoms with van der Waals surface area (Å²) in [6.45, 7) is 8.71. The highest BCUT2D eigenvalue weighted by Gasteiger charge is 2.29. The highest BCUT2D eigenvalue weighted by molar-refractivity contribution is 7.11. The lowest BCUT2D eigenvalue weighted by atomic mass is 10.1. The number of hydrogen-bond acceptors (Lipinski definition) is 4. The molecule has 0 spiro atoms. The molecule has 1 N–H and O–H groups in total. The SMILES string of the molecule is CN(C)CCc1nc(C2CC2)c(CNC(C)(C)C)s1. The Morgan fingerprint density at radius 3 is 2.53 bits per heavy atom. The molecule has 108 valence electrons. The second kappa shape index (κ2) is 5.90. The van der Waals surface area contributed by atoms with Crippen LogP contribution in [0.3, 0.4) is 0 Å². The molecule has 2 rings (SSSR count). The second-order valence-electron chi connectivity index (χ2n) is 6.85. The third-order valence-corrected chi connectivity index (χ3v) is 4.42. The van der Waals surface area contributed by atoms with Crippen LogP contribution in [0.25, 0.3) is 0 Å². The lowest BCUT2D eigenvalue weighted by Crippen LogP contribution is -2.35. The van der Waals surface area contributed by atoms with Crippen LogP contribution in [0, 0.1) is 0 Å². The molecular formula is C15H27N3S. The van der Waals surface area contributed by atoms with E-state index in [-0.39, 0.29) is 5.54 Å². The first-order valence-electron chi connectivity index (χ1n) is 7.23. The average Bonchev–Trinajstić information content (AvgIpc) is 3.04. The van der Waals surface area contributed by atoms with Gasteiger partial charge in [-0.1, -0.05) is 0 Å². The molecule has 1 fully saturated rings. The Kier molecular flexibility index (Phi) is 4.64. The van der Waals surface area contributed by atoms with E-state index in [2.05, 4.69) is 45.1 Å². The summed E-state index contributed by atoms with van der Waals surface area (Å²) >= 11 is 1.91. The number of likely N-dealkylation sites (N-methyl/N-ethyl adjacent to an activating group) is 1. The minimum absolute atomic E-state index is 0.175. The van der Waals surface area contributed by atoms with Gasteiger partial charge in [0.15, 0.2) is 0 Å². The molecule has 1 aliphatic carbocycles. The van der Waals surface area contributed by atoms with Crippen LogP contribution >= 0.6 is 11.3 Å². The molecule has 0 aromatic carbocycles. The normalized spacial score (nSPS) is 16.3. The van der Waals surface area contributed by atoms with Gasteiger partial charge in [0.05, 0.1) is 10.7 Å². The maximum atomic E-state index is 4.90. The quantitative estimate of drug-likeness (QED) is 0.869. The van der Waals surface area contributed by atoms with Gasteiger partial charge in [-0.3, -0.25) is 0 Å². The molecule has 3 nitrogen and oxygen atoms in total. The highest BCUT2D eigenvalue weighted by atomic mass is 32.1. The first kappa shape index (κ1) is 14.9. The standard InChI is InChI=1S/C15H27N3S/c1-15(2,3)16-10-12-14(11-6-7-11)17-13(19-12)8-9-18(4)5/h11,16H,6-10H2,1-5H3. The van der Waals surface area contributed by atoms with Gasteiger partial charge in [-0.05, 0) is 47.7 Å². The lowest BCUT2D eigenvalue weighted by molar-refractivity contribution is 0.413. The highest BCUT2D eigenvalue weighted by Crippen LogP contribution is 2.42. The number of nitrogens with one attached hydrogen (secondary N) is 1. The molecule has 0 unspecified atom stereocenters. The fourth-order valence-electron chi connectivity index (χ4n) is 1.99. The van der Waals surface area contributed by atoms with E-state index < -0.39 is 0 Å². The molecule has 0 saturated heterocycles. The molecular weight excluding hydrogens is 254 g/mol. The largest absolute Gasteiger partial charge is 0.309 e. The molecule has 1 aromatic heterocycles. The maximum Gasteiger partial charge on any atom is 0.0944 e. The predicted molar refractivity (Wildman–Crippen MR) is 82.9 cm³/mol. The van der Waals surface area contributed by atoms with Crippen molar-refractivity contribution in [3.05, 3.63) is 15.6 Å². The van der Waals surface area contributed by atoms with Crippen LogP contribution in [0.1, 0.15) is 55.1 Å². The van der Waals surface area contributed by atoms with Gasteiger partial charge in [0.1, 0.15) is 0 Å². The Bertz CT molecular complexity index is 414. The van der Waals surface area contributed by atoms with Crippen LogP contribution in [0.4, 0.5) is 0 Å². The third-order valence-electron chi connectivity index (χ3n) is 3.29. The molecule has 1 aliphatic rings. The van der Waals surface area contributed by atoms with Crippen LogP contribution < -0.4 is 5.32 Å². The van der Waals surface area contributed by atoms with Crippen LogP contribution in [0.2, 0.25) is 0 Å². The van der Waals surface area contributed by atoms with E-state index in [4.69, 9.17) is 4.98 Å². The molecule has 1 saturated carbocycles. The summed E-state index contributed by atoms with van der Waals surface area (Å²) in [4.78, 5) is 8.59. The lowest BCUT2D eigenvalue weighted by Gasteiger charge is -2.20. The molecule has 0 radical (unpaired) electrons. The molecule has 0 aliphatic heterocycles. The minimum Gasteiger partial charge on any atom is -0.309 e. The Balaban J connectivity index is 2.03. The van der Waals surface area contributed by atoms with E-state index in [0.717, 1.165) is 25.4 Å². The zero-order valence-electron chi connectivity index (χ0n) is 12.9. The number of aromatic nitrogens is 1. The summed E-state index contributed by atoms with van der Waals surface area (Å²) < 4.78 is 0. The third kappa shape index (κ3) is 4.86. The molecule has 1 aromatic rings. The van der Waals surface area contributed by atoms with Crippen molar-refractivity contribution in [1.82, 2.24) is 15.2 Å². The van der Waals surface area contributed by atoms with Crippen molar-refractivity contribution in [3.8, 4) is 0 Å². The first-order chi connectivity index (χ1) is 8.85. The van der Waals surface area contributed by atoms with Gasteiger partial charge in [0.25, 0.3) is 0 Å². The van der Waals surface area contributed by atoms with E-state index >= 15 is 0 Å². The van der Waals surface area contributed by atoms with Crippen LogP contribution in [0.5, 0.6) is 0 Å². The number of hydrogen-bond donors (Lipinski definition) is 1. The zero-order valence-corrected chi connectivity index (χ0v) is 13.7. The van der Waals surface area contributed by atoms with Gasteiger partial charge in [-0.2, -0.15) is 0 Å². The van der Waals surface area contributed by atoms with Crippen molar-refractivity contribution in [3.63, 3.8) is 0 Å². The van der Waals surface area contributed by atoms with Crippen LogP contribution in [-0.4, -0.2) is 36.1 Å². The van der Waals surface area contributed by atoms with Gasteiger partial charge in [0.2, 0.25) is 0 Å². The van der Waals surface area contributed by atoms with Crippen molar-refractivity contribution >= 4 is 11.3 Å². The Hall–Kier alpha value is -0.450. The molecule has 4 heteroatoms. The molecule has 1 heterocycles. The summed E-state index contributed by atoms with van der Waals surface area (Å²) in [5.41, 5.74) is 1.56. The smallest absolute Gasteiger partial charge is 0.0944 e. The fourth-order valence-corrected chi connectivity index (χ4v) is 3.07. The van der Waals surface area contributed by atoms with Crippen LogP contribution in [0.15, 0.2) is 0 Å². The molecule has 0 atom stereocenters. The van der Waals surface area contributed by atoms with Gasteiger partial charge in [0, 0.05) is 35.8 Å². The van der Waals surface area contributed by atoms with E-state index in [1.54, 1.807) is 0 Å². The van der Waals surface area contributed by atoms with Gasteiger partial charge in [-0.15, -0.1) is 11.3 Å². The fraction of sp³-hybridized carbons (Fsp3) is 0.800. The summed E-state index contributed by atoms with van der Waals surface area (Å²) in [7, 11) is 4.24. The van der Waals surface area contributed by atoms with Crippen molar-refractivity contribution in [2.45, 2.75) is 58.0 Å². The number of thiazole rings is 1. The number of rotatable bonds is 6. The predicted octanol–water partition coefficient (Wildman–Crippen LogP) is 3.01. The molecule has 0 bridgehead atoms. The van der Waals surface area contributed by atoms with Gasteiger partial charge < -0.3 is 10.2 Å². The van der Waals surface area contributed by atoms with Crippen molar-refractivity contribution in [1.29, 1.82) is 0 Å². The Labute approximate surface area is 121 Å². The summed E-state index contributed by atoms with van der Waals surface area (Å²) in [5.74, 6) is 0.751. The Morgan fingerprint density at radius 1 is 1.32 bits per heavy atom. The summed E-state index contributed by atoms with van der Waals surface area (Å²) in [6.07, 6.45) is 3.74. The van der Waals surface area contributed by atoms with E-state index in [1.165, 1.54) is 28.4 Å². The monoisotopic (exact) mass is 281 g/mol. The topological polar surface area (TPSA) is 28.2 Å². The maximum absolute atomic E-state index is 4.90. The van der Waals surface area contributed by atoms with Crippen LogP contribution in [-0.2, 0) is 13.0 Å². The van der Waals surface area contributed by atoms with Gasteiger partial charge >= 0.3 is 0 Å². The summed E-state index contributed by atoms with van der Waals surface area (Å²) in [5, 5.41) is 4.91. The van der Waals surface area contributed by atoms with Crippen molar-refractivity contribution < 1.29 is 0 Å². The second-order valence-corrected chi connectivity index (χ2v) is 8.02. The van der Waals surface area contributed by atoms with Gasteiger partial charge in [-0.25, -0.2) is 4.98 Å².